The summed E-state index contributed by atoms with van der Waals surface area (Å²) in [6, 6.07) is 13.1. The van der Waals surface area contributed by atoms with Crippen molar-refractivity contribution >= 4 is 31.9 Å². The van der Waals surface area contributed by atoms with Gasteiger partial charge in [-0.2, -0.15) is 0 Å². The van der Waals surface area contributed by atoms with E-state index in [0.29, 0.717) is 5.75 Å². The first-order valence-electron chi connectivity index (χ1n) is 6.37. The predicted molar refractivity (Wildman–Crippen MR) is 86.1 cm³/mol. The molecule has 0 bridgehead atoms. The minimum absolute atomic E-state index is 0.0133. The van der Waals surface area contributed by atoms with E-state index < -0.39 is 15.9 Å². The molecule has 2 rings (SSSR count). The molecule has 0 spiro atoms. The zero-order chi connectivity index (χ0) is 16.2. The number of nitrogens with one attached hydrogen (secondary N) is 1. The van der Waals surface area contributed by atoms with Gasteiger partial charge in [0.15, 0.2) is 6.61 Å². The van der Waals surface area contributed by atoms with Crippen LogP contribution < -0.4 is 9.46 Å². The molecule has 0 unspecified atom stereocenters. The van der Waals surface area contributed by atoms with Gasteiger partial charge >= 0.3 is 0 Å². The zero-order valence-electron chi connectivity index (χ0n) is 11.7. The number of hydrogen-bond acceptors (Lipinski definition) is 4. The molecular formula is C15H14BrNO4S. The normalized spacial score (nSPS) is 11.0. The Hall–Kier alpha value is -1.86. The van der Waals surface area contributed by atoms with Gasteiger partial charge in [0.05, 0.1) is 4.90 Å². The highest BCUT2D eigenvalue weighted by Gasteiger charge is 2.17. The molecule has 0 saturated heterocycles. The largest absolute Gasteiger partial charge is 0.484 e. The Morgan fingerprint density at radius 2 is 1.68 bits per heavy atom. The van der Waals surface area contributed by atoms with Crippen LogP contribution in [0, 0.1) is 6.92 Å². The van der Waals surface area contributed by atoms with Gasteiger partial charge < -0.3 is 4.74 Å². The minimum atomic E-state index is -3.89. The summed E-state index contributed by atoms with van der Waals surface area (Å²) in [5.41, 5.74) is 1.06. The third kappa shape index (κ3) is 4.57. The first-order chi connectivity index (χ1) is 10.4. The second-order valence-electron chi connectivity index (χ2n) is 4.58. The summed E-state index contributed by atoms with van der Waals surface area (Å²) in [5.74, 6) is -0.231. The maximum absolute atomic E-state index is 12.0. The maximum Gasteiger partial charge on any atom is 0.271 e. The first-order valence-corrected chi connectivity index (χ1v) is 8.65. The Kier molecular flexibility index (Phi) is 5.20. The van der Waals surface area contributed by atoms with E-state index in [0.717, 1.165) is 10.0 Å². The molecule has 5 nitrogen and oxygen atoms in total. The molecule has 0 aliphatic heterocycles. The fourth-order valence-electron chi connectivity index (χ4n) is 1.64. The number of benzene rings is 2. The number of amides is 1. The van der Waals surface area contributed by atoms with Crippen molar-refractivity contribution in [1.82, 2.24) is 4.72 Å². The Morgan fingerprint density at radius 1 is 1.09 bits per heavy atom. The molecule has 7 heteroatoms. The third-order valence-electron chi connectivity index (χ3n) is 2.76. The van der Waals surface area contributed by atoms with Crippen LogP contribution >= 0.6 is 15.9 Å². The molecule has 0 aromatic heterocycles. The highest BCUT2D eigenvalue weighted by atomic mass is 79.9. The monoisotopic (exact) mass is 383 g/mol. The molecular weight excluding hydrogens is 370 g/mol. The van der Waals surface area contributed by atoms with Gasteiger partial charge in [-0.15, -0.1) is 0 Å². The molecule has 0 aliphatic carbocycles. The third-order valence-corrected chi connectivity index (χ3v) is 4.68. The van der Waals surface area contributed by atoms with Crippen LogP contribution in [0.15, 0.2) is 57.9 Å². The van der Waals surface area contributed by atoms with Crippen molar-refractivity contribution in [2.45, 2.75) is 11.8 Å². The van der Waals surface area contributed by atoms with Crippen LogP contribution in [-0.2, 0) is 14.8 Å². The number of ether oxygens (including phenoxy) is 1. The molecule has 2 aromatic rings. The second kappa shape index (κ2) is 6.93. The van der Waals surface area contributed by atoms with E-state index in [-0.39, 0.29) is 11.5 Å². The van der Waals surface area contributed by atoms with Gasteiger partial charge in [0, 0.05) is 4.47 Å². The fraction of sp³-hybridized carbons (Fsp3) is 0.133. The molecule has 1 amide bonds. The molecule has 0 saturated carbocycles. The van der Waals surface area contributed by atoms with Crippen LogP contribution in [0.5, 0.6) is 5.75 Å². The van der Waals surface area contributed by atoms with Crippen LogP contribution in [-0.4, -0.2) is 20.9 Å². The van der Waals surface area contributed by atoms with Crippen molar-refractivity contribution in [3.05, 3.63) is 58.6 Å². The zero-order valence-corrected chi connectivity index (χ0v) is 14.1. The fourth-order valence-corrected chi connectivity index (χ4v) is 2.87. The lowest BCUT2D eigenvalue weighted by Gasteiger charge is -2.08. The molecule has 0 fully saturated rings. The Balaban J connectivity index is 1.96. The van der Waals surface area contributed by atoms with Crippen molar-refractivity contribution < 1.29 is 17.9 Å². The van der Waals surface area contributed by atoms with Crippen LogP contribution in [0.1, 0.15) is 5.56 Å². The molecule has 2 aromatic carbocycles. The van der Waals surface area contributed by atoms with E-state index in [1.807, 2.05) is 23.8 Å². The summed E-state index contributed by atoms with van der Waals surface area (Å²) in [6.07, 6.45) is 0. The minimum Gasteiger partial charge on any atom is -0.484 e. The van der Waals surface area contributed by atoms with Gasteiger partial charge in [-0.1, -0.05) is 33.6 Å². The number of carbonyl (C=O) groups excluding carboxylic acids is 1. The molecule has 0 heterocycles. The van der Waals surface area contributed by atoms with Gasteiger partial charge in [-0.3, -0.25) is 4.79 Å². The van der Waals surface area contributed by atoms with Crippen molar-refractivity contribution in [3.63, 3.8) is 0 Å². The van der Waals surface area contributed by atoms with Gasteiger partial charge in [-0.25, -0.2) is 13.1 Å². The highest BCUT2D eigenvalue weighted by molar-refractivity contribution is 9.10. The second-order valence-corrected chi connectivity index (χ2v) is 7.18. The van der Waals surface area contributed by atoms with Crippen LogP contribution in [0.4, 0.5) is 0 Å². The molecule has 0 aliphatic rings. The summed E-state index contributed by atoms with van der Waals surface area (Å²) in [6.45, 7) is 1.56. The quantitative estimate of drug-likeness (QED) is 0.861. The Bertz CT molecular complexity index is 755. The van der Waals surface area contributed by atoms with Crippen molar-refractivity contribution in [2.24, 2.45) is 0 Å². The molecule has 0 radical (unpaired) electrons. The lowest BCUT2D eigenvalue weighted by atomic mass is 10.2. The van der Waals surface area contributed by atoms with Crippen LogP contribution in [0.25, 0.3) is 0 Å². The van der Waals surface area contributed by atoms with Crippen LogP contribution in [0.3, 0.4) is 0 Å². The summed E-state index contributed by atoms with van der Waals surface area (Å²) >= 11 is 3.22. The van der Waals surface area contributed by atoms with E-state index in [1.54, 1.807) is 24.3 Å². The smallest absolute Gasteiger partial charge is 0.271 e. The van der Waals surface area contributed by atoms with Crippen molar-refractivity contribution in [1.29, 1.82) is 0 Å². The molecule has 116 valence electrons. The molecule has 22 heavy (non-hydrogen) atoms. The predicted octanol–water partition coefficient (Wildman–Crippen LogP) is 2.64. The SMILES string of the molecule is Cc1ccc(OCC(=O)NS(=O)(=O)c2ccc(Br)cc2)cc1. The number of carbonyl (C=O) groups is 1. The van der Waals surface area contributed by atoms with E-state index in [2.05, 4.69) is 15.9 Å². The average Bonchev–Trinajstić information content (AvgIpc) is 2.46. The number of sulfonamides is 1. The molecule has 1 N–H and O–H groups in total. The van der Waals surface area contributed by atoms with Crippen molar-refractivity contribution in [2.75, 3.05) is 6.61 Å². The van der Waals surface area contributed by atoms with E-state index in [1.165, 1.54) is 12.1 Å². The number of hydrogen-bond donors (Lipinski definition) is 1. The maximum atomic E-state index is 12.0. The first kappa shape index (κ1) is 16.5. The van der Waals surface area contributed by atoms with E-state index in [4.69, 9.17) is 4.74 Å². The van der Waals surface area contributed by atoms with Gasteiger partial charge in [0.1, 0.15) is 5.75 Å². The summed E-state index contributed by atoms with van der Waals surface area (Å²) in [7, 11) is -3.89. The van der Waals surface area contributed by atoms with Gasteiger partial charge in [-0.05, 0) is 43.3 Å². The standard InChI is InChI=1S/C15H14BrNO4S/c1-11-2-6-13(7-3-11)21-10-15(18)17-22(19,20)14-8-4-12(16)5-9-14/h2-9H,10H2,1H3,(H,17,18). The summed E-state index contributed by atoms with van der Waals surface area (Å²) in [5, 5.41) is 0. The highest BCUT2D eigenvalue weighted by Crippen LogP contribution is 2.15. The Labute approximate surface area is 137 Å². The molecule has 0 atom stereocenters. The van der Waals surface area contributed by atoms with Crippen LogP contribution in [0.2, 0.25) is 0 Å². The Morgan fingerprint density at radius 3 is 2.27 bits per heavy atom. The lowest BCUT2D eigenvalue weighted by Crippen LogP contribution is -2.34. The average molecular weight is 384 g/mol. The van der Waals surface area contributed by atoms with Gasteiger partial charge in [0.2, 0.25) is 0 Å². The van der Waals surface area contributed by atoms with E-state index >= 15 is 0 Å². The topological polar surface area (TPSA) is 72.5 Å². The number of halogens is 1. The van der Waals surface area contributed by atoms with Crippen molar-refractivity contribution in [3.8, 4) is 5.75 Å². The van der Waals surface area contributed by atoms with Gasteiger partial charge in [0.25, 0.3) is 15.9 Å². The number of rotatable bonds is 5. The lowest BCUT2D eigenvalue weighted by molar-refractivity contribution is -0.121. The number of aryl methyl sites for hydroxylation is 1. The summed E-state index contributed by atoms with van der Waals surface area (Å²) < 4.78 is 32.0. The summed E-state index contributed by atoms with van der Waals surface area (Å²) in [4.78, 5) is 11.7. The van der Waals surface area contributed by atoms with E-state index in [9.17, 15) is 13.2 Å².